The number of halogens is 1. The van der Waals surface area contributed by atoms with Gasteiger partial charge in [-0.05, 0) is 52.6 Å². The van der Waals surface area contributed by atoms with Gasteiger partial charge >= 0.3 is 5.97 Å². The Balaban J connectivity index is 1.27. The minimum absolute atomic E-state index is 0.202. The predicted molar refractivity (Wildman–Crippen MR) is 211 cm³/mol. The van der Waals surface area contributed by atoms with E-state index in [0.717, 1.165) is 12.1 Å². The topological polar surface area (TPSA) is 275 Å². The van der Waals surface area contributed by atoms with Gasteiger partial charge in [0, 0.05) is 28.0 Å². The highest BCUT2D eigenvalue weighted by Gasteiger charge is 2.54. The molecule has 16 nitrogen and oxygen atoms in total. The van der Waals surface area contributed by atoms with Gasteiger partial charge in [0.1, 0.15) is 53.4 Å². The number of amides is 1. The summed E-state index contributed by atoms with van der Waals surface area (Å²) >= 11 is 0. The fourth-order valence-corrected chi connectivity index (χ4v) is 9.02. The molecule has 5 unspecified atom stereocenters. The maximum absolute atomic E-state index is 14.4. The molecule has 0 aromatic heterocycles. The molecule has 60 heavy (non-hydrogen) atoms. The fourth-order valence-electron chi connectivity index (χ4n) is 7.35. The number of carboxylic acids is 1. The fraction of sp³-hybridized carbons (Fsp3) is 0.381. The lowest BCUT2D eigenvalue weighted by molar-refractivity contribution is -0.303. The lowest BCUT2D eigenvalue weighted by atomic mass is 9.87. The van der Waals surface area contributed by atoms with Gasteiger partial charge in [-0.15, -0.1) is 0 Å². The van der Waals surface area contributed by atoms with E-state index in [9.17, 15) is 64.1 Å². The van der Waals surface area contributed by atoms with Crippen molar-refractivity contribution in [2.75, 3.05) is 17.3 Å². The number of aliphatic hydroxyl groups is 8. The number of hydrogen-bond acceptors (Lipinski definition) is 14. The van der Waals surface area contributed by atoms with Crippen molar-refractivity contribution < 1.29 is 78.7 Å². The average molecular weight is 856 g/mol. The molecule has 4 aromatic carbocycles. The minimum Gasteiger partial charge on any atom is -0.508 e. The molecule has 0 radical (unpaired) electrons. The summed E-state index contributed by atoms with van der Waals surface area (Å²) in [6.45, 7) is 0.789. The van der Waals surface area contributed by atoms with Crippen LogP contribution in [-0.4, -0.2) is 140 Å². The van der Waals surface area contributed by atoms with E-state index < -0.39 is 119 Å². The molecule has 0 aliphatic carbocycles. The number of β-lactam (4-membered cyclic amide) rings is 1. The Morgan fingerprint density at radius 2 is 1.45 bits per heavy atom. The number of ether oxygens (including phenoxy) is 2. The number of para-hydroxylation sites is 1. The van der Waals surface area contributed by atoms with Gasteiger partial charge in [-0.25, -0.2) is 9.18 Å². The second kappa shape index (κ2) is 18.9. The van der Waals surface area contributed by atoms with Crippen molar-refractivity contribution in [1.82, 2.24) is 0 Å². The molecular weight excluding hydrogens is 810 g/mol. The number of carbonyl (C=O) groups is 2. The van der Waals surface area contributed by atoms with Gasteiger partial charge in [-0.1, -0.05) is 73.7 Å². The summed E-state index contributed by atoms with van der Waals surface area (Å²) in [5.41, 5.74) is 2.60. The molecule has 6 rings (SSSR count). The molecule has 2 saturated heterocycles. The van der Waals surface area contributed by atoms with Crippen LogP contribution >= 0.6 is 0 Å². The zero-order valence-electron chi connectivity index (χ0n) is 31.9. The number of aromatic hydroxyl groups is 1. The quantitative estimate of drug-likeness (QED) is 0.0691. The van der Waals surface area contributed by atoms with Gasteiger partial charge in [0.15, 0.2) is 12.4 Å². The summed E-state index contributed by atoms with van der Waals surface area (Å²) in [4.78, 5) is 27.1. The summed E-state index contributed by atoms with van der Waals surface area (Å²) in [6, 6.07) is 23.6. The highest BCUT2D eigenvalue weighted by Crippen LogP contribution is 2.46. The molecular formula is C42H46FNO15S. The van der Waals surface area contributed by atoms with E-state index >= 15 is 0 Å². The van der Waals surface area contributed by atoms with Crippen molar-refractivity contribution in [1.29, 1.82) is 0 Å². The van der Waals surface area contributed by atoms with Crippen LogP contribution in [0.5, 0.6) is 5.75 Å². The van der Waals surface area contributed by atoms with E-state index in [4.69, 9.17) is 14.6 Å². The van der Waals surface area contributed by atoms with E-state index in [-0.39, 0.29) is 16.9 Å². The number of hydrogen-bond donors (Lipinski definition) is 10. The Kier molecular flexibility index (Phi) is 14.1. The zero-order valence-corrected chi connectivity index (χ0v) is 32.7. The lowest BCUT2D eigenvalue weighted by Crippen LogP contribution is -2.62. The number of carbonyl (C=O) groups excluding carboxylic acids is 1. The number of aliphatic hydroxyl groups excluding tert-OH is 8. The number of rotatable bonds is 16. The van der Waals surface area contributed by atoms with Crippen LogP contribution in [0.3, 0.4) is 0 Å². The van der Waals surface area contributed by atoms with Crippen molar-refractivity contribution in [3.8, 4) is 16.9 Å². The van der Waals surface area contributed by atoms with E-state index in [0.29, 0.717) is 22.4 Å². The number of carboxylic acid groups (broad SMARTS) is 1. The summed E-state index contributed by atoms with van der Waals surface area (Å²) in [6.07, 6.45) is -17.9. The summed E-state index contributed by atoms with van der Waals surface area (Å²) in [5.74, 6) is -4.30. The van der Waals surface area contributed by atoms with Crippen molar-refractivity contribution in [2.45, 2.75) is 85.4 Å². The molecule has 0 saturated carbocycles. The first kappa shape index (κ1) is 44.8. The number of benzene rings is 4. The molecule has 2 fully saturated rings. The molecule has 2 aliphatic heterocycles. The maximum atomic E-state index is 14.4. The number of anilines is 1. The molecule has 0 bridgehead atoms. The zero-order chi connectivity index (χ0) is 43.6. The Morgan fingerprint density at radius 1 is 0.833 bits per heavy atom. The number of nitrogens with zero attached hydrogens (tertiary/aromatic N) is 1. The smallest absolute Gasteiger partial charge is 0.335 e. The van der Waals surface area contributed by atoms with Crippen molar-refractivity contribution in [3.05, 3.63) is 120 Å². The monoisotopic (exact) mass is 855 g/mol. The Morgan fingerprint density at radius 3 is 2.05 bits per heavy atom. The third-order valence-electron chi connectivity index (χ3n) is 10.9. The number of phenolic OH excluding ortho intramolecular Hbond substituents is 1. The number of aliphatic carboxylic acids is 1. The molecule has 322 valence electrons. The first-order valence-corrected chi connectivity index (χ1v) is 20.3. The third kappa shape index (κ3) is 9.14. The second-order valence-electron chi connectivity index (χ2n) is 14.8. The van der Waals surface area contributed by atoms with Crippen molar-refractivity contribution >= 4 is 28.4 Å². The largest absolute Gasteiger partial charge is 0.508 e. The van der Waals surface area contributed by atoms with Gasteiger partial charge < -0.3 is 65.4 Å². The van der Waals surface area contributed by atoms with E-state index in [1.807, 2.05) is 0 Å². The maximum Gasteiger partial charge on any atom is 0.335 e. The van der Waals surface area contributed by atoms with Crippen LogP contribution in [0.15, 0.2) is 97.1 Å². The van der Waals surface area contributed by atoms with E-state index in [1.165, 1.54) is 23.1 Å². The standard InChI is InChI=1S/C42H46FNO15S/c1-20(32(48)34(50)33(49)29(47)18-45)21-7-9-22(10-8-21)24-13-16-27(28(46)17-24)31-39(40(54)44(31)26-5-3-2-4-6-26)60(57)19-30(23-11-14-25(43)15-12-23)58-42-37(53)35(51)36(52)38(59-42)41(55)56/h2-17,20,29-39,42,45-53H,18-19H2,1H3,(H,55,56)/t20?,29-,30+,31-,32+,33-,34-,35?,36+,37?,38?,39-,42-,60?/m1/s1. The van der Waals surface area contributed by atoms with Crippen LogP contribution in [0.1, 0.15) is 41.7 Å². The average Bonchev–Trinajstić information content (AvgIpc) is 3.24. The van der Waals surface area contributed by atoms with Gasteiger partial charge in [0.05, 0.1) is 30.6 Å². The van der Waals surface area contributed by atoms with Crippen LogP contribution in [0.4, 0.5) is 10.1 Å². The van der Waals surface area contributed by atoms with Crippen LogP contribution in [-0.2, 0) is 29.9 Å². The van der Waals surface area contributed by atoms with Gasteiger partial charge in [0.25, 0.3) is 0 Å². The number of phenols is 1. The minimum atomic E-state index is -2.16. The molecule has 2 heterocycles. The molecule has 0 spiro atoms. The van der Waals surface area contributed by atoms with Gasteiger partial charge in [0.2, 0.25) is 5.91 Å². The second-order valence-corrected chi connectivity index (χ2v) is 16.4. The molecule has 1 amide bonds. The SMILES string of the molecule is CC(c1ccc(-c2ccc([C@@H]3[C@@H](S(=O)C[C@H](O[C@@H]4OC(C(=O)O)[C@@H](O)C(O)C4O)c4ccc(F)cc4)C(=O)N3c3ccccc3)c(O)c2)cc1)[C@H](O)[C@@H](O)[C@H](O)[C@H](O)CO. The summed E-state index contributed by atoms with van der Waals surface area (Å²) in [7, 11) is -2.16. The van der Waals surface area contributed by atoms with E-state index in [1.54, 1.807) is 73.7 Å². The van der Waals surface area contributed by atoms with Crippen LogP contribution in [0.2, 0.25) is 0 Å². The van der Waals surface area contributed by atoms with Crippen LogP contribution in [0.25, 0.3) is 11.1 Å². The van der Waals surface area contributed by atoms with Crippen LogP contribution < -0.4 is 4.90 Å². The van der Waals surface area contributed by atoms with Crippen molar-refractivity contribution in [2.24, 2.45) is 0 Å². The molecule has 18 heteroatoms. The predicted octanol–water partition coefficient (Wildman–Crippen LogP) is 0.593. The molecule has 4 aromatic rings. The lowest BCUT2D eigenvalue weighted by Gasteiger charge is -2.47. The first-order valence-electron chi connectivity index (χ1n) is 18.9. The molecule has 10 N–H and O–H groups in total. The Labute approximate surface area is 345 Å². The van der Waals surface area contributed by atoms with E-state index in [2.05, 4.69) is 0 Å². The third-order valence-corrected chi connectivity index (χ3v) is 12.6. The highest BCUT2D eigenvalue weighted by atomic mass is 32.2. The normalized spacial score (nSPS) is 26.6. The summed E-state index contributed by atoms with van der Waals surface area (Å²) in [5, 5.41) is 101. The summed E-state index contributed by atoms with van der Waals surface area (Å²) < 4.78 is 39.6. The van der Waals surface area contributed by atoms with Gasteiger partial charge in [-0.3, -0.25) is 9.00 Å². The van der Waals surface area contributed by atoms with Gasteiger partial charge in [-0.2, -0.15) is 0 Å². The molecule has 2 aliphatic rings. The Bertz CT molecular complexity index is 2130. The van der Waals surface area contributed by atoms with Crippen molar-refractivity contribution in [3.63, 3.8) is 0 Å². The highest BCUT2D eigenvalue weighted by molar-refractivity contribution is 7.86. The molecule has 14 atom stereocenters. The first-order chi connectivity index (χ1) is 28.5. The van der Waals surface area contributed by atoms with Crippen LogP contribution in [0, 0.1) is 5.82 Å². The Hall–Kier alpha value is -4.70.